The minimum Gasteiger partial charge on any atom is -0.480 e. The fourth-order valence-electron chi connectivity index (χ4n) is 6.63. The largest absolute Gasteiger partial charge is 0.480 e. The van der Waals surface area contributed by atoms with E-state index < -0.39 is 83.7 Å². The van der Waals surface area contributed by atoms with Crippen molar-refractivity contribution < 1.29 is 38.7 Å². The van der Waals surface area contributed by atoms with Crippen molar-refractivity contribution in [3.05, 3.63) is 18.2 Å². The van der Waals surface area contributed by atoms with Gasteiger partial charge in [-0.1, -0.05) is 41.5 Å². The third-order valence-corrected chi connectivity index (χ3v) is 9.94. The number of amides is 6. The lowest BCUT2D eigenvalue weighted by atomic mass is 10.00. The summed E-state index contributed by atoms with van der Waals surface area (Å²) in [6.07, 6.45) is 5.63. The lowest BCUT2D eigenvalue weighted by Gasteiger charge is -2.31. The Morgan fingerprint density at radius 3 is 1.91 bits per heavy atom. The van der Waals surface area contributed by atoms with Crippen LogP contribution in [0.5, 0.6) is 0 Å². The van der Waals surface area contributed by atoms with E-state index in [1.54, 1.807) is 0 Å². The van der Waals surface area contributed by atoms with Gasteiger partial charge >= 0.3 is 5.97 Å². The molecule has 0 bridgehead atoms. The predicted octanol–water partition coefficient (Wildman–Crippen LogP) is -0.0238. The molecule has 322 valence electrons. The zero-order valence-corrected chi connectivity index (χ0v) is 35.1. The van der Waals surface area contributed by atoms with Crippen molar-refractivity contribution >= 4 is 54.0 Å². The van der Waals surface area contributed by atoms with E-state index in [1.807, 2.05) is 41.5 Å². The summed E-state index contributed by atoms with van der Waals surface area (Å²) in [7, 11) is 0. The maximum atomic E-state index is 14.1. The first kappa shape index (κ1) is 48.9. The summed E-state index contributed by atoms with van der Waals surface area (Å²) in [4.78, 5) is 102. The fourth-order valence-corrected chi connectivity index (χ4v) is 6.79. The Labute approximate surface area is 341 Å². The average Bonchev–Trinajstić information content (AvgIpc) is 3.85. The number of carbonyl (C=O) groups excluding carboxylic acids is 6. The van der Waals surface area contributed by atoms with Crippen LogP contribution >= 0.6 is 12.6 Å². The van der Waals surface area contributed by atoms with Crippen molar-refractivity contribution in [1.82, 2.24) is 41.5 Å². The number of rotatable bonds is 25. The molecule has 11 N–H and O–H groups in total. The Morgan fingerprint density at radius 2 is 1.35 bits per heavy atom. The van der Waals surface area contributed by atoms with Gasteiger partial charge in [-0.15, -0.1) is 0 Å². The number of nitrogens with two attached hydrogens (primary N) is 2. The summed E-state index contributed by atoms with van der Waals surface area (Å²) in [5.74, 6) is -4.75. The molecule has 19 heteroatoms. The molecule has 1 aliphatic rings. The number of imidazole rings is 1. The first-order valence-electron chi connectivity index (χ1n) is 20.0. The molecule has 1 aliphatic heterocycles. The summed E-state index contributed by atoms with van der Waals surface area (Å²) < 4.78 is 0. The van der Waals surface area contributed by atoms with E-state index >= 15 is 0 Å². The molecule has 6 amide bonds. The van der Waals surface area contributed by atoms with Gasteiger partial charge in [-0.2, -0.15) is 12.6 Å². The monoisotopic (exact) mass is 822 g/mol. The maximum Gasteiger partial charge on any atom is 0.326 e. The summed E-state index contributed by atoms with van der Waals surface area (Å²) in [5, 5.41) is 23.3. The minimum atomic E-state index is -1.21. The van der Waals surface area contributed by atoms with E-state index in [2.05, 4.69) is 49.2 Å². The highest BCUT2D eigenvalue weighted by Gasteiger charge is 2.40. The molecule has 2 rings (SSSR count). The Morgan fingerprint density at radius 1 is 0.807 bits per heavy atom. The number of H-pyrrole nitrogens is 1. The molecular weight excluding hydrogens is 757 g/mol. The van der Waals surface area contributed by atoms with Gasteiger partial charge in [-0.3, -0.25) is 28.8 Å². The van der Waals surface area contributed by atoms with E-state index in [4.69, 9.17) is 11.5 Å². The Balaban J connectivity index is 2.34. The van der Waals surface area contributed by atoms with E-state index in [-0.39, 0.29) is 55.7 Å². The zero-order chi connectivity index (χ0) is 42.8. The first-order chi connectivity index (χ1) is 26.9. The molecule has 0 aromatic carbocycles. The molecule has 0 saturated carbocycles. The molecule has 57 heavy (non-hydrogen) atoms. The van der Waals surface area contributed by atoms with Crippen molar-refractivity contribution in [2.24, 2.45) is 29.2 Å². The van der Waals surface area contributed by atoms with Crippen molar-refractivity contribution in [2.75, 3.05) is 18.8 Å². The highest BCUT2D eigenvalue weighted by molar-refractivity contribution is 7.80. The molecule has 0 radical (unpaired) electrons. The highest BCUT2D eigenvalue weighted by atomic mass is 32.1. The quantitative estimate of drug-likeness (QED) is 0.0462. The lowest BCUT2D eigenvalue weighted by molar-refractivity contribution is -0.143. The van der Waals surface area contributed by atoms with Gasteiger partial charge in [0.15, 0.2) is 0 Å². The SMILES string of the molecule is CC(C)C[C@H](NC(=O)[C@H](CCCCN)NC(=O)[C@H](CC(C)C)NC(=O)[C@H](Cc1cnc[nH]1)NC(=O)[C@@H]1CCCN1C(=O)[C@H](CC(C)C)NC(=O)[C@@H](N)CS)C(=O)O. The van der Waals surface area contributed by atoms with Crippen LogP contribution < -0.4 is 38.1 Å². The van der Waals surface area contributed by atoms with E-state index in [0.717, 1.165) is 0 Å². The Bertz CT molecular complexity index is 1480. The molecule has 0 aliphatic carbocycles. The van der Waals surface area contributed by atoms with Crippen LogP contribution in [-0.2, 0) is 40.0 Å². The molecular formula is C38H66N10O8S. The number of nitrogens with one attached hydrogen (secondary N) is 6. The number of nitrogens with zero attached hydrogens (tertiary/aromatic N) is 2. The third kappa shape index (κ3) is 16.6. The fraction of sp³-hybridized carbons (Fsp3) is 0.737. The number of aromatic nitrogens is 2. The second-order valence-electron chi connectivity index (χ2n) is 16.1. The van der Waals surface area contributed by atoms with Crippen LogP contribution in [0.15, 0.2) is 12.5 Å². The van der Waals surface area contributed by atoms with Crippen molar-refractivity contribution in [3.63, 3.8) is 0 Å². The van der Waals surface area contributed by atoms with Gasteiger partial charge in [0.2, 0.25) is 35.4 Å². The van der Waals surface area contributed by atoms with E-state index in [9.17, 15) is 38.7 Å². The molecule has 1 aromatic rings. The van der Waals surface area contributed by atoms with Gasteiger partial charge in [-0.05, 0) is 75.7 Å². The van der Waals surface area contributed by atoms with Gasteiger partial charge in [-0.25, -0.2) is 9.78 Å². The van der Waals surface area contributed by atoms with Gasteiger partial charge < -0.3 is 53.0 Å². The number of hydrogen-bond donors (Lipinski definition) is 10. The number of carbonyl (C=O) groups is 7. The zero-order valence-electron chi connectivity index (χ0n) is 34.2. The van der Waals surface area contributed by atoms with Crippen LogP contribution in [0.4, 0.5) is 0 Å². The van der Waals surface area contributed by atoms with Crippen LogP contribution in [-0.4, -0.2) is 123 Å². The number of likely N-dealkylation sites (tertiary alicyclic amines) is 1. The summed E-state index contributed by atoms with van der Waals surface area (Å²) in [6.45, 7) is 11.8. The van der Waals surface area contributed by atoms with Gasteiger partial charge in [0.1, 0.15) is 36.3 Å². The van der Waals surface area contributed by atoms with Crippen LogP contribution in [0.2, 0.25) is 0 Å². The number of unbranched alkanes of at least 4 members (excludes halogenated alkanes) is 1. The molecule has 18 nitrogen and oxygen atoms in total. The first-order valence-corrected chi connectivity index (χ1v) is 20.6. The Hall–Kier alpha value is -4.23. The average molecular weight is 823 g/mol. The molecule has 0 spiro atoms. The number of aromatic amines is 1. The summed E-state index contributed by atoms with van der Waals surface area (Å²) >= 11 is 4.09. The topological polar surface area (TPSA) is 284 Å². The standard InChI is InChI=1S/C38H66N10O8S/c1-21(2)14-27(34(51)43-26(10-7-8-12-39)33(50)47-30(38(55)56)16-23(5)6)44-35(52)28(17-24-18-41-20-42-24)45-36(53)31-11-9-13-48(31)37(54)29(15-22(3)4)46-32(49)25(40)19-57/h18,20-23,25-31,57H,7-17,19,39-40H2,1-6H3,(H,41,42)(H,43,51)(H,44,52)(H,45,53)(H,46,49)(H,47,50)(H,55,56)/t25-,26-,27-,28-,29-,30-,31-/m0/s1. The summed E-state index contributed by atoms with van der Waals surface area (Å²) in [5.41, 5.74) is 12.0. The van der Waals surface area contributed by atoms with E-state index in [1.165, 1.54) is 17.4 Å². The number of hydrogen-bond acceptors (Lipinski definition) is 11. The highest BCUT2D eigenvalue weighted by Crippen LogP contribution is 2.21. The smallest absolute Gasteiger partial charge is 0.326 e. The molecule has 1 saturated heterocycles. The molecule has 2 heterocycles. The number of carboxylic acids is 1. The van der Waals surface area contributed by atoms with Crippen LogP contribution in [0.25, 0.3) is 0 Å². The lowest BCUT2D eigenvalue weighted by Crippen LogP contribution is -2.60. The molecule has 7 atom stereocenters. The van der Waals surface area contributed by atoms with Crippen LogP contribution in [0.1, 0.15) is 98.6 Å². The van der Waals surface area contributed by atoms with Crippen LogP contribution in [0, 0.1) is 17.8 Å². The number of carboxylic acid groups (broad SMARTS) is 1. The summed E-state index contributed by atoms with van der Waals surface area (Å²) in [6, 6.07) is -7.40. The third-order valence-electron chi connectivity index (χ3n) is 9.55. The molecule has 1 fully saturated rings. The second kappa shape index (κ2) is 24.5. The number of aliphatic carboxylic acids is 1. The Kier molecular flexibility index (Phi) is 21.0. The van der Waals surface area contributed by atoms with Gasteiger partial charge in [0, 0.05) is 30.6 Å². The van der Waals surface area contributed by atoms with Crippen LogP contribution in [0.3, 0.4) is 0 Å². The van der Waals surface area contributed by atoms with Gasteiger partial charge in [0.05, 0.1) is 12.4 Å². The van der Waals surface area contributed by atoms with Gasteiger partial charge in [0.25, 0.3) is 0 Å². The van der Waals surface area contributed by atoms with E-state index in [0.29, 0.717) is 44.3 Å². The van der Waals surface area contributed by atoms with Crippen molar-refractivity contribution in [3.8, 4) is 0 Å². The predicted molar refractivity (Wildman–Crippen MR) is 217 cm³/mol. The second-order valence-corrected chi connectivity index (χ2v) is 16.4. The molecule has 0 unspecified atom stereocenters. The minimum absolute atomic E-state index is 0.0216. The normalized spacial score (nSPS) is 17.3. The van der Waals surface area contributed by atoms with Crippen molar-refractivity contribution in [2.45, 2.75) is 142 Å². The number of thiol groups is 1. The maximum absolute atomic E-state index is 14.1. The molecule has 1 aromatic heterocycles. The van der Waals surface area contributed by atoms with Crippen molar-refractivity contribution in [1.29, 1.82) is 0 Å².